The number of benzene rings is 1. The topological polar surface area (TPSA) is 353 Å². The third-order valence-corrected chi connectivity index (χ3v) is 17.0. The molecule has 3 aromatic heterocycles. The summed E-state index contributed by atoms with van der Waals surface area (Å²) in [4.78, 5) is 91.1. The van der Waals surface area contributed by atoms with Crippen LogP contribution in [0.5, 0.6) is 5.75 Å². The van der Waals surface area contributed by atoms with Crippen LogP contribution in [0.4, 0.5) is 19.2 Å². The number of halogens is 2. The van der Waals surface area contributed by atoms with E-state index in [0.29, 0.717) is 73.7 Å². The number of nitrogen functional groups attached to an aromatic ring is 1. The van der Waals surface area contributed by atoms with Gasteiger partial charge in [-0.1, -0.05) is 60.8 Å². The Morgan fingerprint density at radius 3 is 2.46 bits per heavy atom. The van der Waals surface area contributed by atoms with Gasteiger partial charge in [-0.15, -0.1) is 17.9 Å². The second-order valence-electron chi connectivity index (χ2n) is 18.5. The number of anilines is 1. The van der Waals surface area contributed by atoms with E-state index in [4.69, 9.17) is 39.0 Å². The van der Waals surface area contributed by atoms with E-state index in [1.807, 2.05) is 17.5 Å². The normalized spacial score (nSPS) is 18.5. The smallest absolute Gasteiger partial charge is 0.484 e. The Kier molecular flexibility index (Phi) is 22.9. The number of carbonyl (C=O) groups excluding carboxylic acids is 3. The van der Waals surface area contributed by atoms with Crippen molar-refractivity contribution < 1.29 is 92.9 Å². The first-order chi connectivity index (χ1) is 40.0. The number of ether oxygens (including phenoxy) is 4. The Morgan fingerprint density at radius 2 is 1.71 bits per heavy atom. The summed E-state index contributed by atoms with van der Waals surface area (Å²) in [5.41, 5.74) is 7.55. The standard InChI is InChI=1S/C51H60BF2N8O18P3S/c1-2-28-74-43-32-48(78-44(43)34-77-82(70,71)80-83(72,73)79-81(67,68)69)60-33-37(49(55)59-50(60)65)12-10-27-58-51(66)75-29-9-4-3-7-25-56-46(63)14-6-5-8-26-57-47(64)35-76-41-22-16-36(17-23-41)15-18-38-19-20-39-31-40-21-24-42(45-13-11-30-84-45)62(40)52(53,54)61(38)39/h2,4,9,11,13,15-24,30-31,33,43-44,48H,1,3,5-8,14,25-29,32,34-35H2,(H,56,63)(H,57,64)(H,58,66)(H,70,71)(H,72,73)(H2,55,59,65)(H2,67,68,69)/b9-4-,18-15+/t43-,44+,48+/m0/s1. The highest BCUT2D eigenvalue weighted by Gasteiger charge is 2.52. The number of phosphoric ester groups is 1. The van der Waals surface area contributed by atoms with E-state index >= 15 is 8.63 Å². The van der Waals surface area contributed by atoms with Crippen molar-refractivity contribution in [1.82, 2.24) is 30.0 Å². The molecule has 7 rings (SSSR count). The second kappa shape index (κ2) is 29.7. The number of alkyl carbamates (subject to hydrolysis) is 1. The molecular formula is C51H60BF2N8O18P3S. The molecule has 0 bridgehead atoms. The van der Waals surface area contributed by atoms with Crippen LogP contribution in [0.15, 0.2) is 108 Å². The first-order valence-electron chi connectivity index (χ1n) is 25.9. The van der Waals surface area contributed by atoms with Crippen LogP contribution in [0.3, 0.4) is 0 Å². The predicted molar refractivity (Wildman–Crippen MR) is 305 cm³/mol. The summed E-state index contributed by atoms with van der Waals surface area (Å²) in [7, 11) is -16.9. The van der Waals surface area contributed by atoms with Gasteiger partial charge in [0.2, 0.25) is 5.91 Å². The van der Waals surface area contributed by atoms with Crippen LogP contribution in [0, 0.1) is 11.8 Å². The maximum atomic E-state index is 16.1. The number of allylic oxidation sites excluding steroid dienone is 3. The zero-order chi connectivity index (χ0) is 60.5. The molecule has 0 radical (unpaired) electrons. The molecule has 3 amide bonds. The van der Waals surface area contributed by atoms with E-state index in [1.54, 1.807) is 78.9 Å². The molecule has 0 spiro atoms. The number of rotatable bonds is 30. The van der Waals surface area contributed by atoms with E-state index in [0.717, 1.165) is 30.4 Å². The van der Waals surface area contributed by atoms with Crippen LogP contribution in [-0.2, 0) is 50.6 Å². The molecule has 9 N–H and O–H groups in total. The minimum absolute atomic E-state index is 0.0452. The highest BCUT2D eigenvalue weighted by atomic mass is 32.1. The number of nitrogens with two attached hydrogens (primary N) is 1. The Labute approximate surface area is 483 Å². The second-order valence-corrected chi connectivity index (χ2v) is 23.9. The van der Waals surface area contributed by atoms with Crippen LogP contribution in [0.2, 0.25) is 0 Å². The van der Waals surface area contributed by atoms with Crippen molar-refractivity contribution in [3.8, 4) is 17.6 Å². The monoisotopic (exact) mass is 1250 g/mol. The van der Waals surface area contributed by atoms with Gasteiger partial charge in [0.15, 0.2) is 18.0 Å². The molecule has 33 heteroatoms. The minimum atomic E-state index is -5.78. The average molecular weight is 1250 g/mol. The molecule has 2 unspecified atom stereocenters. The molecule has 26 nitrogen and oxygen atoms in total. The number of nitrogens with zero attached hydrogens (tertiary/aromatic N) is 4. The molecule has 5 atom stereocenters. The molecule has 3 aliphatic heterocycles. The van der Waals surface area contributed by atoms with Gasteiger partial charge in [0, 0.05) is 61.7 Å². The molecule has 1 fully saturated rings. The van der Waals surface area contributed by atoms with Crippen LogP contribution in [0.1, 0.15) is 78.6 Å². The molecular weight excluding hydrogens is 1190 g/mol. The number of hydrogen-bond acceptors (Lipinski definition) is 17. The molecule has 6 heterocycles. The van der Waals surface area contributed by atoms with Gasteiger partial charge in [0.1, 0.15) is 30.5 Å². The lowest BCUT2D eigenvalue weighted by molar-refractivity contribution is -0.360. The van der Waals surface area contributed by atoms with Gasteiger partial charge in [-0.05, 0) is 73.0 Å². The lowest BCUT2D eigenvalue weighted by Gasteiger charge is -2.30. The highest BCUT2D eigenvalue weighted by molar-refractivity contribution is 7.66. The summed E-state index contributed by atoms with van der Waals surface area (Å²) < 4.78 is 105. The summed E-state index contributed by atoms with van der Waals surface area (Å²) >= 11 is 1.41. The zero-order valence-electron chi connectivity index (χ0n) is 44.7. The van der Waals surface area contributed by atoms with Crippen LogP contribution in [0.25, 0.3) is 18.2 Å². The van der Waals surface area contributed by atoms with Crippen molar-refractivity contribution in [2.24, 2.45) is 0 Å². The summed E-state index contributed by atoms with van der Waals surface area (Å²) in [6.45, 7) is -1.09. The summed E-state index contributed by atoms with van der Waals surface area (Å²) in [5.74, 6) is 5.17. The lowest BCUT2D eigenvalue weighted by Crippen LogP contribution is -2.50. The average Bonchev–Trinajstić information content (AvgIpc) is 1.70. The molecule has 0 aliphatic carbocycles. The number of hydrogen-bond donors (Lipinski definition) is 8. The van der Waals surface area contributed by atoms with Gasteiger partial charge >= 0.3 is 42.2 Å². The van der Waals surface area contributed by atoms with Crippen molar-refractivity contribution in [2.75, 3.05) is 51.8 Å². The summed E-state index contributed by atoms with van der Waals surface area (Å²) in [6, 6.07) is 14.0. The van der Waals surface area contributed by atoms with Gasteiger partial charge in [0.05, 0.1) is 36.3 Å². The fraction of sp³-hybridized carbons (Fsp3) is 0.333. The van der Waals surface area contributed by atoms with Gasteiger partial charge in [-0.3, -0.25) is 18.7 Å². The molecule has 4 aromatic rings. The Bertz CT molecular complexity index is 3470. The first-order valence-corrected chi connectivity index (χ1v) is 31.3. The number of fused-ring (bicyclic) bond motifs is 2. The number of aromatic nitrogens is 3. The van der Waals surface area contributed by atoms with E-state index in [2.05, 4.69) is 48.0 Å². The number of amides is 3. The molecule has 1 saturated heterocycles. The van der Waals surface area contributed by atoms with Crippen molar-refractivity contribution in [2.45, 2.75) is 63.4 Å². The lowest BCUT2D eigenvalue weighted by atomic mass is 9.90. The maximum absolute atomic E-state index is 16.1. The molecule has 1 aromatic carbocycles. The van der Waals surface area contributed by atoms with Gasteiger partial charge in [0.25, 0.3) is 5.91 Å². The van der Waals surface area contributed by atoms with Crippen LogP contribution in [-0.4, -0.2) is 127 Å². The van der Waals surface area contributed by atoms with Crippen molar-refractivity contribution in [3.05, 3.63) is 141 Å². The Morgan fingerprint density at radius 1 is 0.940 bits per heavy atom. The summed E-state index contributed by atoms with van der Waals surface area (Å²) in [5, 5.41) is 9.97. The molecule has 84 heavy (non-hydrogen) atoms. The summed E-state index contributed by atoms with van der Waals surface area (Å²) in [6.07, 6.45) is 14.1. The molecule has 3 aliphatic rings. The van der Waals surface area contributed by atoms with Gasteiger partial charge < -0.3 is 77.8 Å². The van der Waals surface area contributed by atoms with E-state index < -0.39 is 67.3 Å². The SMILES string of the molecule is C=CCO[C@H]1C[C@H](n2cc(C#CCNC(=O)OC/C=C\CCCNC(=O)CCCCCNC(=O)COc3ccc(/C=C/c4ccc5n4[B-](F)(F)[N+]4=C(c6cccs6)C=CC4=C5)cc3)c(N)nc2=O)O[C@@H]1COP(=O)(O)OP(=O)(O)OP(=O)(O)O. The zero-order valence-corrected chi connectivity index (χ0v) is 48.2. The highest BCUT2D eigenvalue weighted by Crippen LogP contribution is 2.66. The van der Waals surface area contributed by atoms with Crippen molar-refractivity contribution >= 4 is 89.4 Å². The number of nitrogens with one attached hydrogen (secondary N) is 3. The van der Waals surface area contributed by atoms with Crippen molar-refractivity contribution in [1.29, 1.82) is 0 Å². The van der Waals surface area contributed by atoms with Gasteiger partial charge in [-0.2, -0.15) is 13.6 Å². The number of unbranched alkanes of at least 4 members (excludes halogenated alkanes) is 3. The van der Waals surface area contributed by atoms with E-state index in [1.165, 1.54) is 23.6 Å². The Balaban J connectivity index is 0.711. The van der Waals surface area contributed by atoms with Crippen LogP contribution >= 0.6 is 34.8 Å². The fourth-order valence-electron chi connectivity index (χ4n) is 8.58. The quantitative estimate of drug-likeness (QED) is 0.00976. The van der Waals surface area contributed by atoms with E-state index in [9.17, 15) is 42.7 Å². The number of thiophene rings is 1. The Hall–Kier alpha value is -6.93. The van der Waals surface area contributed by atoms with Crippen LogP contribution < -0.4 is 32.1 Å². The maximum Gasteiger partial charge on any atom is 0.737 e. The minimum Gasteiger partial charge on any atom is -0.484 e. The third kappa shape index (κ3) is 19.0. The van der Waals surface area contributed by atoms with Gasteiger partial charge in [-0.25, -0.2) is 23.3 Å². The third-order valence-electron chi connectivity index (χ3n) is 12.3. The molecule has 450 valence electrons. The largest absolute Gasteiger partial charge is 0.737 e. The number of phosphoric acid groups is 3. The predicted octanol–water partition coefficient (Wildman–Crippen LogP) is 6.00. The number of carbonyl (C=O) groups is 3. The van der Waals surface area contributed by atoms with E-state index in [-0.39, 0.29) is 56.0 Å². The first kappa shape index (κ1) is 64.6. The van der Waals surface area contributed by atoms with Crippen molar-refractivity contribution in [3.63, 3.8) is 0 Å². The fourth-order valence-corrected chi connectivity index (χ4v) is 12.4. The molecule has 0 saturated carbocycles.